The summed E-state index contributed by atoms with van der Waals surface area (Å²) in [6.45, 7) is 0.647. The average Bonchev–Trinajstić information content (AvgIpc) is 2.66. The minimum atomic E-state index is -0.265. The van der Waals surface area contributed by atoms with Gasteiger partial charge in [0.1, 0.15) is 0 Å². The van der Waals surface area contributed by atoms with E-state index < -0.39 is 0 Å². The van der Waals surface area contributed by atoms with E-state index in [1.807, 2.05) is 19.2 Å². The molecular weight excluding hydrogens is 200 g/mol. The summed E-state index contributed by atoms with van der Waals surface area (Å²) in [7, 11) is 1.94. The summed E-state index contributed by atoms with van der Waals surface area (Å²) < 4.78 is 0. The van der Waals surface area contributed by atoms with Crippen molar-refractivity contribution in [2.45, 2.75) is 6.04 Å². The first-order valence-corrected chi connectivity index (χ1v) is 5.17. The normalized spacial score (nSPS) is 29.6. The molecule has 0 bridgehead atoms. The molecule has 0 aliphatic carbocycles. The van der Waals surface area contributed by atoms with Gasteiger partial charge < -0.3 is 0 Å². The molecule has 4 heteroatoms. The van der Waals surface area contributed by atoms with E-state index in [4.69, 9.17) is 10.5 Å². The Morgan fingerprint density at radius 1 is 1.44 bits per heavy atom. The molecule has 1 aliphatic rings. The Labute approximate surface area is 94.7 Å². The maximum absolute atomic E-state index is 9.17. The van der Waals surface area contributed by atoms with E-state index in [0.29, 0.717) is 6.54 Å². The highest BCUT2D eigenvalue weighted by atomic mass is 15.2. The van der Waals surface area contributed by atoms with Crippen LogP contribution in [0.1, 0.15) is 11.6 Å². The van der Waals surface area contributed by atoms with E-state index in [1.165, 1.54) is 0 Å². The van der Waals surface area contributed by atoms with Gasteiger partial charge in [0.2, 0.25) is 0 Å². The summed E-state index contributed by atoms with van der Waals surface area (Å²) in [5, 5.41) is 18.2. The second kappa shape index (κ2) is 4.30. The monoisotopic (exact) mass is 212 g/mol. The Balaban J connectivity index is 2.35. The van der Waals surface area contributed by atoms with Crippen LogP contribution >= 0.6 is 0 Å². The van der Waals surface area contributed by atoms with Crippen molar-refractivity contribution in [1.82, 2.24) is 9.88 Å². The van der Waals surface area contributed by atoms with Crippen LogP contribution in [0.15, 0.2) is 24.5 Å². The molecule has 0 unspecified atom stereocenters. The highest BCUT2D eigenvalue weighted by Crippen LogP contribution is 2.38. The minimum absolute atomic E-state index is 0.0108. The van der Waals surface area contributed by atoms with Crippen LogP contribution < -0.4 is 0 Å². The second-order valence-electron chi connectivity index (χ2n) is 4.06. The molecule has 1 fully saturated rings. The van der Waals surface area contributed by atoms with Gasteiger partial charge in [0.25, 0.3) is 0 Å². The van der Waals surface area contributed by atoms with Crippen molar-refractivity contribution >= 4 is 0 Å². The van der Waals surface area contributed by atoms with Gasteiger partial charge in [0.15, 0.2) is 0 Å². The summed E-state index contributed by atoms with van der Waals surface area (Å²) in [6.07, 6.45) is 3.48. The van der Waals surface area contributed by atoms with Gasteiger partial charge in [0, 0.05) is 18.9 Å². The van der Waals surface area contributed by atoms with E-state index in [2.05, 4.69) is 22.0 Å². The lowest BCUT2D eigenvalue weighted by Crippen LogP contribution is -2.20. The third-order valence-corrected chi connectivity index (χ3v) is 3.07. The van der Waals surface area contributed by atoms with E-state index in [9.17, 15) is 0 Å². The lowest BCUT2D eigenvalue weighted by Gasteiger charge is -2.21. The molecule has 0 amide bonds. The van der Waals surface area contributed by atoms with Crippen molar-refractivity contribution < 1.29 is 0 Å². The first-order valence-electron chi connectivity index (χ1n) is 5.17. The standard InChI is InChI=1S/C12H12N4/c1-16-8-10(5-13)11(6-14)12(16)9-3-2-4-15-7-9/h2-4,7,10-12H,8H2,1H3/t10-,11+,12-/m0/s1. The third-order valence-electron chi connectivity index (χ3n) is 3.07. The van der Waals surface area contributed by atoms with Crippen LogP contribution in [-0.4, -0.2) is 23.5 Å². The van der Waals surface area contributed by atoms with Gasteiger partial charge in [0.05, 0.1) is 30.0 Å². The summed E-state index contributed by atoms with van der Waals surface area (Å²) in [5.74, 6) is -0.473. The zero-order valence-electron chi connectivity index (χ0n) is 9.04. The Morgan fingerprint density at radius 2 is 2.25 bits per heavy atom. The fourth-order valence-corrected chi connectivity index (χ4v) is 2.33. The highest BCUT2D eigenvalue weighted by molar-refractivity contribution is 5.22. The van der Waals surface area contributed by atoms with Crippen LogP contribution in [-0.2, 0) is 0 Å². The summed E-state index contributed by atoms with van der Waals surface area (Å²) in [6, 6.07) is 8.27. The lowest BCUT2D eigenvalue weighted by molar-refractivity contribution is 0.298. The Morgan fingerprint density at radius 3 is 2.81 bits per heavy atom. The lowest BCUT2D eigenvalue weighted by atomic mass is 9.89. The smallest absolute Gasteiger partial charge is 0.0831 e. The fraction of sp³-hybridized carbons (Fsp3) is 0.417. The minimum Gasteiger partial charge on any atom is -0.297 e. The van der Waals surface area contributed by atoms with Gasteiger partial charge in [-0.2, -0.15) is 10.5 Å². The third kappa shape index (κ3) is 1.64. The summed E-state index contributed by atoms with van der Waals surface area (Å²) in [5.41, 5.74) is 1.01. The predicted octanol–water partition coefficient (Wildman–Crippen LogP) is 1.35. The van der Waals surface area contributed by atoms with Gasteiger partial charge in [-0.25, -0.2) is 0 Å². The van der Waals surface area contributed by atoms with E-state index in [0.717, 1.165) is 5.56 Å². The number of hydrogen-bond donors (Lipinski definition) is 0. The number of likely N-dealkylation sites (tertiary alicyclic amines) is 1. The van der Waals surface area contributed by atoms with Crippen LogP contribution in [0, 0.1) is 34.5 Å². The van der Waals surface area contributed by atoms with E-state index >= 15 is 0 Å². The SMILES string of the molecule is CN1C[C@H](C#N)[C@@H](C#N)[C@@H]1c1cccnc1. The molecule has 0 aromatic carbocycles. The molecule has 1 aromatic rings. The number of pyridine rings is 1. The number of nitrogens with zero attached hydrogens (tertiary/aromatic N) is 4. The van der Waals surface area contributed by atoms with Crippen LogP contribution in [0.2, 0.25) is 0 Å². The molecule has 2 rings (SSSR count). The van der Waals surface area contributed by atoms with Gasteiger partial charge >= 0.3 is 0 Å². The number of nitriles is 2. The topological polar surface area (TPSA) is 63.7 Å². The molecule has 1 saturated heterocycles. The first-order chi connectivity index (χ1) is 7.77. The molecule has 3 atom stereocenters. The molecule has 0 N–H and O–H groups in total. The number of aromatic nitrogens is 1. The summed E-state index contributed by atoms with van der Waals surface area (Å²) >= 11 is 0. The van der Waals surface area contributed by atoms with Gasteiger partial charge in [-0.3, -0.25) is 9.88 Å². The molecule has 16 heavy (non-hydrogen) atoms. The van der Waals surface area contributed by atoms with Crippen molar-refractivity contribution in [3.63, 3.8) is 0 Å². The molecule has 0 radical (unpaired) electrons. The van der Waals surface area contributed by atoms with E-state index in [1.54, 1.807) is 12.4 Å². The molecule has 2 heterocycles. The Hall–Kier alpha value is -1.91. The zero-order valence-corrected chi connectivity index (χ0v) is 9.04. The van der Waals surface area contributed by atoms with Crippen LogP contribution in [0.5, 0.6) is 0 Å². The molecule has 1 aromatic heterocycles. The van der Waals surface area contributed by atoms with Crippen molar-refractivity contribution in [2.24, 2.45) is 11.8 Å². The predicted molar refractivity (Wildman–Crippen MR) is 57.8 cm³/mol. The first kappa shape index (κ1) is 10.6. The Bertz CT molecular complexity index is 442. The molecule has 80 valence electrons. The number of hydrogen-bond acceptors (Lipinski definition) is 4. The highest BCUT2D eigenvalue weighted by Gasteiger charge is 2.41. The van der Waals surface area contributed by atoms with Crippen LogP contribution in [0.3, 0.4) is 0 Å². The largest absolute Gasteiger partial charge is 0.297 e. The van der Waals surface area contributed by atoms with Gasteiger partial charge in [-0.15, -0.1) is 0 Å². The van der Waals surface area contributed by atoms with Crippen molar-refractivity contribution in [3.8, 4) is 12.1 Å². The van der Waals surface area contributed by atoms with Crippen molar-refractivity contribution in [2.75, 3.05) is 13.6 Å². The molecule has 0 spiro atoms. The molecule has 0 saturated carbocycles. The number of rotatable bonds is 1. The van der Waals surface area contributed by atoms with Crippen LogP contribution in [0.4, 0.5) is 0 Å². The Kier molecular flexibility index (Phi) is 2.85. The molecular formula is C12H12N4. The van der Waals surface area contributed by atoms with Gasteiger partial charge in [-0.05, 0) is 18.7 Å². The van der Waals surface area contributed by atoms with E-state index in [-0.39, 0.29) is 17.9 Å². The van der Waals surface area contributed by atoms with Crippen LogP contribution in [0.25, 0.3) is 0 Å². The van der Waals surface area contributed by atoms with Crippen molar-refractivity contribution in [3.05, 3.63) is 30.1 Å². The molecule has 1 aliphatic heterocycles. The second-order valence-corrected chi connectivity index (χ2v) is 4.06. The fourth-order valence-electron chi connectivity index (χ4n) is 2.33. The maximum Gasteiger partial charge on any atom is 0.0831 e. The van der Waals surface area contributed by atoms with Crippen molar-refractivity contribution in [1.29, 1.82) is 10.5 Å². The summed E-state index contributed by atoms with van der Waals surface area (Å²) in [4.78, 5) is 6.12. The molecule has 4 nitrogen and oxygen atoms in total. The quantitative estimate of drug-likeness (QED) is 0.704. The average molecular weight is 212 g/mol. The zero-order chi connectivity index (χ0) is 11.5. The van der Waals surface area contributed by atoms with Gasteiger partial charge in [-0.1, -0.05) is 6.07 Å². The maximum atomic E-state index is 9.17.